The Balaban J connectivity index is 1.55. The van der Waals surface area contributed by atoms with Gasteiger partial charge in [-0.1, -0.05) is 60.5 Å². The molecule has 1 aliphatic rings. The molecule has 1 heterocycles. The summed E-state index contributed by atoms with van der Waals surface area (Å²) in [5.74, 6) is 1.01. The zero-order chi connectivity index (χ0) is 21.1. The van der Waals surface area contributed by atoms with Crippen LogP contribution in [-0.4, -0.2) is 26.4 Å². The number of benzene rings is 2. The number of aromatic nitrogens is 3. The molecule has 2 aromatic carbocycles. The number of carbonyl (C=O) groups is 1. The third kappa shape index (κ3) is 4.40. The molecule has 1 fully saturated rings. The lowest BCUT2D eigenvalue weighted by atomic mass is 10.1. The van der Waals surface area contributed by atoms with Gasteiger partial charge in [-0.2, -0.15) is 0 Å². The topological polar surface area (TPSA) is 59.8 Å². The smallest absolute Gasteiger partial charge is 0.234 e. The van der Waals surface area contributed by atoms with Crippen molar-refractivity contribution in [2.45, 2.75) is 50.7 Å². The SMILES string of the molecule is Cc1cccc(NC(=O)CSc2nnc(-c3ccccc3Cl)n2C2CCCC2)c1C. The zero-order valence-electron chi connectivity index (χ0n) is 17.2. The number of rotatable bonds is 6. The highest BCUT2D eigenvalue weighted by molar-refractivity contribution is 7.99. The van der Waals surface area contributed by atoms with Crippen molar-refractivity contribution in [2.24, 2.45) is 0 Å². The Morgan fingerprint density at radius 1 is 1.13 bits per heavy atom. The van der Waals surface area contributed by atoms with E-state index in [9.17, 15) is 4.79 Å². The molecule has 1 N–H and O–H groups in total. The molecule has 1 saturated carbocycles. The molecular weight excluding hydrogens is 416 g/mol. The van der Waals surface area contributed by atoms with Crippen molar-refractivity contribution in [1.82, 2.24) is 14.8 Å². The summed E-state index contributed by atoms with van der Waals surface area (Å²) in [6, 6.07) is 14.0. The first-order valence-corrected chi connectivity index (χ1v) is 11.6. The van der Waals surface area contributed by atoms with Gasteiger partial charge in [0.1, 0.15) is 0 Å². The Labute approximate surface area is 186 Å². The maximum Gasteiger partial charge on any atom is 0.234 e. The minimum atomic E-state index is -0.0473. The van der Waals surface area contributed by atoms with Gasteiger partial charge in [-0.3, -0.25) is 9.36 Å². The van der Waals surface area contributed by atoms with Gasteiger partial charge in [0, 0.05) is 17.3 Å². The van der Waals surface area contributed by atoms with E-state index in [0.29, 0.717) is 11.1 Å². The minimum Gasteiger partial charge on any atom is -0.325 e. The average molecular weight is 441 g/mol. The Morgan fingerprint density at radius 2 is 1.90 bits per heavy atom. The van der Waals surface area contributed by atoms with E-state index in [1.807, 2.05) is 56.3 Å². The van der Waals surface area contributed by atoms with Crippen molar-refractivity contribution in [3.8, 4) is 11.4 Å². The highest BCUT2D eigenvalue weighted by atomic mass is 35.5. The number of anilines is 1. The third-order valence-corrected chi connectivity index (χ3v) is 6.95. The van der Waals surface area contributed by atoms with Crippen LogP contribution in [0.1, 0.15) is 42.9 Å². The van der Waals surface area contributed by atoms with E-state index in [1.165, 1.54) is 24.6 Å². The normalized spacial score (nSPS) is 14.2. The van der Waals surface area contributed by atoms with Crippen LogP contribution in [0.5, 0.6) is 0 Å². The highest BCUT2D eigenvalue weighted by Gasteiger charge is 2.26. The van der Waals surface area contributed by atoms with Crippen LogP contribution in [0.2, 0.25) is 5.02 Å². The fourth-order valence-corrected chi connectivity index (χ4v) is 4.92. The van der Waals surface area contributed by atoms with Crippen molar-refractivity contribution in [3.63, 3.8) is 0 Å². The number of nitrogens with zero attached hydrogens (tertiary/aromatic N) is 3. The molecule has 156 valence electrons. The molecule has 7 heteroatoms. The van der Waals surface area contributed by atoms with Gasteiger partial charge in [0.25, 0.3) is 0 Å². The first kappa shape index (κ1) is 20.9. The van der Waals surface area contributed by atoms with Crippen LogP contribution in [0, 0.1) is 13.8 Å². The summed E-state index contributed by atoms with van der Waals surface area (Å²) in [4.78, 5) is 12.6. The second kappa shape index (κ2) is 9.23. The lowest BCUT2D eigenvalue weighted by Crippen LogP contribution is -2.16. The highest BCUT2D eigenvalue weighted by Crippen LogP contribution is 2.38. The molecule has 1 aliphatic carbocycles. The van der Waals surface area contributed by atoms with Crippen molar-refractivity contribution in [3.05, 3.63) is 58.6 Å². The Morgan fingerprint density at radius 3 is 2.67 bits per heavy atom. The number of nitrogens with one attached hydrogen (secondary N) is 1. The van der Waals surface area contributed by atoms with Gasteiger partial charge in [-0.15, -0.1) is 10.2 Å². The Kier molecular flexibility index (Phi) is 6.44. The molecule has 1 aromatic heterocycles. The first-order chi connectivity index (χ1) is 14.5. The van der Waals surface area contributed by atoms with E-state index in [4.69, 9.17) is 11.6 Å². The van der Waals surface area contributed by atoms with Crippen LogP contribution in [0.4, 0.5) is 5.69 Å². The van der Waals surface area contributed by atoms with Crippen molar-refractivity contribution in [1.29, 1.82) is 0 Å². The quantitative estimate of drug-likeness (QED) is 0.473. The monoisotopic (exact) mass is 440 g/mol. The summed E-state index contributed by atoms with van der Waals surface area (Å²) < 4.78 is 2.18. The van der Waals surface area contributed by atoms with E-state index < -0.39 is 0 Å². The van der Waals surface area contributed by atoms with E-state index in [1.54, 1.807) is 0 Å². The van der Waals surface area contributed by atoms with Crippen LogP contribution < -0.4 is 5.32 Å². The maximum absolute atomic E-state index is 12.6. The van der Waals surface area contributed by atoms with Gasteiger partial charge < -0.3 is 5.32 Å². The number of amides is 1. The van der Waals surface area contributed by atoms with Gasteiger partial charge in [-0.05, 0) is 56.0 Å². The molecule has 0 unspecified atom stereocenters. The first-order valence-electron chi connectivity index (χ1n) is 10.2. The molecule has 0 aliphatic heterocycles. The zero-order valence-corrected chi connectivity index (χ0v) is 18.8. The molecule has 1 amide bonds. The molecule has 0 saturated heterocycles. The third-order valence-electron chi connectivity index (χ3n) is 5.68. The largest absolute Gasteiger partial charge is 0.325 e. The fraction of sp³-hybridized carbons (Fsp3) is 0.348. The van der Waals surface area contributed by atoms with Gasteiger partial charge in [0.15, 0.2) is 11.0 Å². The van der Waals surface area contributed by atoms with Crippen LogP contribution in [0.25, 0.3) is 11.4 Å². The standard InChI is InChI=1S/C23H25ClN4OS/c1-15-8-7-13-20(16(15)2)25-21(29)14-30-23-27-26-22(18-11-5-6-12-19(18)24)28(23)17-9-3-4-10-17/h5-8,11-13,17H,3-4,9-10,14H2,1-2H3,(H,25,29). The molecule has 5 nitrogen and oxygen atoms in total. The number of aryl methyl sites for hydroxylation is 1. The second-order valence-corrected chi connectivity index (χ2v) is 9.03. The van der Waals surface area contributed by atoms with Crippen molar-refractivity contribution >= 4 is 35.0 Å². The minimum absolute atomic E-state index is 0.0473. The van der Waals surface area contributed by atoms with Crippen LogP contribution in [0.3, 0.4) is 0 Å². The predicted molar refractivity (Wildman–Crippen MR) is 123 cm³/mol. The number of halogens is 1. The molecule has 0 atom stereocenters. The number of hydrogen-bond donors (Lipinski definition) is 1. The van der Waals surface area contributed by atoms with E-state index in [2.05, 4.69) is 20.1 Å². The average Bonchev–Trinajstić information content (AvgIpc) is 3.40. The predicted octanol–water partition coefficient (Wildman–Crippen LogP) is 6.06. The summed E-state index contributed by atoms with van der Waals surface area (Å²) in [7, 11) is 0. The lowest BCUT2D eigenvalue weighted by Gasteiger charge is -2.17. The molecule has 3 aromatic rings. The van der Waals surface area contributed by atoms with Crippen LogP contribution in [-0.2, 0) is 4.79 Å². The second-order valence-electron chi connectivity index (χ2n) is 7.68. The fourth-order valence-electron chi connectivity index (χ4n) is 3.90. The van der Waals surface area contributed by atoms with Crippen molar-refractivity contribution in [2.75, 3.05) is 11.1 Å². The number of carbonyl (C=O) groups excluding carboxylic acids is 1. The molecule has 4 rings (SSSR count). The molecule has 0 radical (unpaired) electrons. The molecule has 30 heavy (non-hydrogen) atoms. The maximum atomic E-state index is 12.6. The van der Waals surface area contributed by atoms with Crippen molar-refractivity contribution < 1.29 is 4.79 Å². The molecule has 0 spiro atoms. The van der Waals surface area contributed by atoms with Gasteiger partial charge in [0.2, 0.25) is 5.91 Å². The molecule has 0 bridgehead atoms. The summed E-state index contributed by atoms with van der Waals surface area (Å²) in [6.07, 6.45) is 4.58. The summed E-state index contributed by atoms with van der Waals surface area (Å²) in [6.45, 7) is 4.06. The van der Waals surface area contributed by atoms with E-state index >= 15 is 0 Å². The van der Waals surface area contributed by atoms with E-state index in [0.717, 1.165) is 46.2 Å². The summed E-state index contributed by atoms with van der Waals surface area (Å²) in [5, 5.41) is 13.3. The number of thioether (sulfide) groups is 1. The lowest BCUT2D eigenvalue weighted by molar-refractivity contribution is -0.113. The van der Waals surface area contributed by atoms with Gasteiger partial charge in [-0.25, -0.2) is 0 Å². The van der Waals surface area contributed by atoms with Gasteiger partial charge in [0.05, 0.1) is 10.8 Å². The van der Waals surface area contributed by atoms with Gasteiger partial charge >= 0.3 is 0 Å². The van der Waals surface area contributed by atoms with Crippen LogP contribution >= 0.6 is 23.4 Å². The molecular formula is C23H25ClN4OS. The number of hydrogen-bond acceptors (Lipinski definition) is 4. The summed E-state index contributed by atoms with van der Waals surface area (Å²) in [5.41, 5.74) is 3.98. The van der Waals surface area contributed by atoms with Crippen LogP contribution in [0.15, 0.2) is 47.6 Å². The Hall–Kier alpha value is -2.31. The van der Waals surface area contributed by atoms with E-state index in [-0.39, 0.29) is 11.7 Å². The Bertz CT molecular complexity index is 1060. The summed E-state index contributed by atoms with van der Waals surface area (Å²) >= 11 is 7.87.